The summed E-state index contributed by atoms with van der Waals surface area (Å²) < 4.78 is 0. The molecule has 2 bridgehead atoms. The zero-order chi connectivity index (χ0) is 14.1. The van der Waals surface area contributed by atoms with Gasteiger partial charge in [0.1, 0.15) is 0 Å². The Morgan fingerprint density at radius 3 is 2.55 bits per heavy atom. The van der Waals surface area contributed by atoms with E-state index in [9.17, 15) is 4.79 Å². The van der Waals surface area contributed by atoms with E-state index < -0.39 is 0 Å². The van der Waals surface area contributed by atoms with Crippen LogP contribution in [0.1, 0.15) is 36.2 Å². The molecule has 108 valence electrons. The average Bonchev–Trinajstić information content (AvgIpc) is 2.84. The van der Waals surface area contributed by atoms with Gasteiger partial charge in [-0.1, -0.05) is 0 Å². The molecule has 2 N–H and O–H groups in total. The number of amides is 1. The number of carbonyl (C=O) groups is 1. The maximum Gasteiger partial charge on any atom is 0.271 e. The zero-order valence-electron chi connectivity index (χ0n) is 12.0. The Balaban J connectivity index is 1.70. The molecular formula is C14H21N5O. The van der Waals surface area contributed by atoms with Crippen molar-refractivity contribution in [3.05, 3.63) is 17.8 Å². The smallest absolute Gasteiger partial charge is 0.271 e. The van der Waals surface area contributed by atoms with E-state index in [4.69, 9.17) is 0 Å². The fraction of sp³-hybridized carbons (Fsp3) is 0.643. The lowest BCUT2D eigenvalue weighted by Gasteiger charge is -2.36. The first-order chi connectivity index (χ1) is 9.67. The van der Waals surface area contributed by atoms with Crippen LogP contribution >= 0.6 is 0 Å². The van der Waals surface area contributed by atoms with Crippen LogP contribution in [-0.2, 0) is 0 Å². The maximum absolute atomic E-state index is 11.5. The normalized spacial score (nSPS) is 28.2. The minimum Gasteiger partial charge on any atom is -0.355 e. The van der Waals surface area contributed by atoms with Gasteiger partial charge in [-0.15, -0.1) is 10.2 Å². The summed E-state index contributed by atoms with van der Waals surface area (Å²) in [4.78, 5) is 13.7. The average molecular weight is 275 g/mol. The molecule has 2 unspecified atom stereocenters. The molecule has 0 aromatic carbocycles. The van der Waals surface area contributed by atoms with Crippen LogP contribution in [0, 0.1) is 0 Å². The third-order valence-electron chi connectivity index (χ3n) is 4.47. The van der Waals surface area contributed by atoms with Crippen molar-refractivity contribution in [2.45, 2.75) is 43.8 Å². The number of hydrogen-bond acceptors (Lipinski definition) is 5. The van der Waals surface area contributed by atoms with Crippen molar-refractivity contribution < 1.29 is 4.79 Å². The molecule has 0 saturated carbocycles. The van der Waals surface area contributed by atoms with E-state index in [0.29, 0.717) is 23.8 Å². The molecule has 6 nitrogen and oxygen atoms in total. The van der Waals surface area contributed by atoms with Crippen LogP contribution in [0.25, 0.3) is 0 Å². The van der Waals surface area contributed by atoms with E-state index in [-0.39, 0.29) is 5.91 Å². The summed E-state index contributed by atoms with van der Waals surface area (Å²) in [5.41, 5.74) is 0.357. The van der Waals surface area contributed by atoms with Gasteiger partial charge in [0.25, 0.3) is 5.91 Å². The van der Waals surface area contributed by atoms with Crippen LogP contribution in [0.5, 0.6) is 0 Å². The Morgan fingerprint density at radius 1 is 1.30 bits per heavy atom. The standard InChI is InChI=1S/C14H21N5O/c1-15-14(20)12-5-6-13(18-17-12)19(2)11-7-9-3-4-10(8-11)16-9/h5-6,9-11,16H,3-4,7-8H2,1-2H3,(H,15,20). The van der Waals surface area contributed by atoms with Crippen molar-refractivity contribution in [3.8, 4) is 0 Å². The van der Waals surface area contributed by atoms with Crippen molar-refractivity contribution in [1.29, 1.82) is 0 Å². The molecular weight excluding hydrogens is 254 g/mol. The molecule has 0 spiro atoms. The van der Waals surface area contributed by atoms with Crippen LogP contribution in [0.3, 0.4) is 0 Å². The Hall–Kier alpha value is -1.69. The summed E-state index contributed by atoms with van der Waals surface area (Å²) in [6, 6.07) is 5.42. The summed E-state index contributed by atoms with van der Waals surface area (Å²) in [6.45, 7) is 0. The van der Waals surface area contributed by atoms with Crippen molar-refractivity contribution in [2.75, 3.05) is 19.0 Å². The van der Waals surface area contributed by atoms with E-state index in [0.717, 1.165) is 18.7 Å². The molecule has 6 heteroatoms. The van der Waals surface area contributed by atoms with Crippen LogP contribution in [0.4, 0.5) is 5.82 Å². The van der Waals surface area contributed by atoms with Crippen LogP contribution in [0.2, 0.25) is 0 Å². The van der Waals surface area contributed by atoms with Gasteiger partial charge < -0.3 is 15.5 Å². The van der Waals surface area contributed by atoms with Gasteiger partial charge in [-0.2, -0.15) is 0 Å². The molecule has 2 aliphatic heterocycles. The number of carbonyl (C=O) groups excluding carboxylic acids is 1. The quantitative estimate of drug-likeness (QED) is 0.843. The number of fused-ring (bicyclic) bond motifs is 2. The Labute approximate surface area is 118 Å². The van der Waals surface area contributed by atoms with Gasteiger partial charge in [-0.25, -0.2) is 0 Å². The number of rotatable bonds is 3. The fourth-order valence-electron chi connectivity index (χ4n) is 3.29. The predicted octanol–water partition coefficient (Wildman–Crippen LogP) is 0.555. The highest BCUT2D eigenvalue weighted by atomic mass is 16.1. The molecule has 1 amide bonds. The topological polar surface area (TPSA) is 70.2 Å². The second-order valence-corrected chi connectivity index (χ2v) is 5.73. The number of hydrogen-bond donors (Lipinski definition) is 2. The lowest BCUT2D eigenvalue weighted by atomic mass is 9.98. The SMILES string of the molecule is CNC(=O)c1ccc(N(C)C2CC3CCC(C2)N3)nn1. The van der Waals surface area contributed by atoms with Gasteiger partial charge in [0.05, 0.1) is 0 Å². The van der Waals surface area contributed by atoms with Gasteiger partial charge >= 0.3 is 0 Å². The third-order valence-corrected chi connectivity index (χ3v) is 4.47. The molecule has 2 saturated heterocycles. The number of aromatic nitrogens is 2. The number of piperidine rings is 1. The highest BCUT2D eigenvalue weighted by Crippen LogP contribution is 2.30. The van der Waals surface area contributed by atoms with Crippen LogP contribution < -0.4 is 15.5 Å². The first kappa shape index (κ1) is 13.3. The molecule has 2 fully saturated rings. The molecule has 0 radical (unpaired) electrons. The molecule has 20 heavy (non-hydrogen) atoms. The Morgan fingerprint density at radius 2 is 2.00 bits per heavy atom. The monoisotopic (exact) mass is 275 g/mol. The third kappa shape index (κ3) is 2.47. The maximum atomic E-state index is 11.5. The molecule has 1 aromatic heterocycles. The molecule has 0 aliphatic carbocycles. The first-order valence-corrected chi connectivity index (χ1v) is 7.22. The highest BCUT2D eigenvalue weighted by Gasteiger charge is 2.35. The Bertz CT molecular complexity index is 477. The largest absolute Gasteiger partial charge is 0.355 e. The molecule has 2 aliphatic rings. The lowest BCUT2D eigenvalue weighted by molar-refractivity contribution is 0.0957. The summed E-state index contributed by atoms with van der Waals surface area (Å²) in [6.07, 6.45) is 4.89. The molecule has 1 aromatic rings. The highest BCUT2D eigenvalue weighted by molar-refractivity contribution is 5.91. The first-order valence-electron chi connectivity index (χ1n) is 7.22. The van der Waals surface area contributed by atoms with Gasteiger partial charge in [0, 0.05) is 32.2 Å². The van der Waals surface area contributed by atoms with E-state index in [1.54, 1.807) is 13.1 Å². The lowest BCUT2D eigenvalue weighted by Crippen LogP contribution is -2.47. The second-order valence-electron chi connectivity index (χ2n) is 5.73. The van der Waals surface area contributed by atoms with Gasteiger partial charge in [-0.3, -0.25) is 4.79 Å². The van der Waals surface area contributed by atoms with E-state index in [1.165, 1.54) is 12.8 Å². The molecule has 3 rings (SSSR count). The summed E-state index contributed by atoms with van der Waals surface area (Å²) in [5, 5.41) is 14.4. The Kier molecular flexibility index (Phi) is 3.56. The second kappa shape index (κ2) is 5.36. The predicted molar refractivity (Wildman–Crippen MR) is 76.8 cm³/mol. The summed E-state index contributed by atoms with van der Waals surface area (Å²) in [5.74, 6) is 0.635. The molecule has 3 heterocycles. The zero-order valence-corrected chi connectivity index (χ0v) is 12.0. The van der Waals surface area contributed by atoms with Crippen LogP contribution in [-0.4, -0.2) is 48.3 Å². The van der Waals surface area contributed by atoms with Crippen molar-refractivity contribution >= 4 is 11.7 Å². The number of anilines is 1. The minimum atomic E-state index is -0.202. The summed E-state index contributed by atoms with van der Waals surface area (Å²) in [7, 11) is 3.66. The van der Waals surface area contributed by atoms with Crippen molar-refractivity contribution in [3.63, 3.8) is 0 Å². The van der Waals surface area contributed by atoms with Crippen LogP contribution in [0.15, 0.2) is 12.1 Å². The van der Waals surface area contributed by atoms with Crippen molar-refractivity contribution in [2.24, 2.45) is 0 Å². The van der Waals surface area contributed by atoms with E-state index in [2.05, 4.69) is 32.8 Å². The van der Waals surface area contributed by atoms with Gasteiger partial charge in [0.2, 0.25) is 0 Å². The van der Waals surface area contributed by atoms with Gasteiger partial charge in [0.15, 0.2) is 11.5 Å². The fourth-order valence-corrected chi connectivity index (χ4v) is 3.29. The number of nitrogens with zero attached hydrogens (tertiary/aromatic N) is 3. The van der Waals surface area contributed by atoms with E-state index >= 15 is 0 Å². The van der Waals surface area contributed by atoms with Gasteiger partial charge in [-0.05, 0) is 37.8 Å². The molecule has 2 atom stereocenters. The van der Waals surface area contributed by atoms with Crippen molar-refractivity contribution in [1.82, 2.24) is 20.8 Å². The minimum absolute atomic E-state index is 0.202. The number of nitrogens with one attached hydrogen (secondary N) is 2. The van der Waals surface area contributed by atoms with E-state index in [1.807, 2.05) is 6.07 Å². The summed E-state index contributed by atoms with van der Waals surface area (Å²) >= 11 is 0.